The molecule has 6 heteroatoms. The molecule has 1 heterocycles. The van der Waals surface area contributed by atoms with Crippen molar-refractivity contribution in [3.8, 4) is 0 Å². The first-order valence-electron chi connectivity index (χ1n) is 5.53. The van der Waals surface area contributed by atoms with Gasteiger partial charge in [-0.2, -0.15) is 13.2 Å². The monoisotopic (exact) mass is 279 g/mol. The topological polar surface area (TPSA) is 21.3 Å². The minimum atomic E-state index is -4.29. The van der Waals surface area contributed by atoms with Crippen molar-refractivity contribution in [3.05, 3.63) is 34.9 Å². The molecule has 0 radical (unpaired) electrons. The zero-order valence-electron chi connectivity index (χ0n) is 9.56. The second kappa shape index (κ2) is 5.07. The summed E-state index contributed by atoms with van der Waals surface area (Å²) in [6, 6.07) is 7.19. The van der Waals surface area contributed by atoms with Crippen LogP contribution in [0.5, 0.6) is 0 Å². The fraction of sp³-hybridized carbons (Fsp3) is 0.500. The van der Waals surface area contributed by atoms with Gasteiger partial charge in [0.1, 0.15) is 6.61 Å². The molecular formula is C12H13ClF3NO. The van der Waals surface area contributed by atoms with Gasteiger partial charge in [-0.15, -0.1) is 0 Å². The second-order valence-corrected chi connectivity index (χ2v) is 4.88. The van der Waals surface area contributed by atoms with Gasteiger partial charge < -0.3 is 10.1 Å². The third kappa shape index (κ3) is 2.96. The van der Waals surface area contributed by atoms with E-state index in [1.54, 1.807) is 12.1 Å². The number of rotatable bonds is 4. The van der Waals surface area contributed by atoms with Gasteiger partial charge >= 0.3 is 6.18 Å². The van der Waals surface area contributed by atoms with Gasteiger partial charge in [0.2, 0.25) is 0 Å². The fourth-order valence-electron chi connectivity index (χ4n) is 2.05. The highest BCUT2D eigenvalue weighted by atomic mass is 35.5. The minimum Gasteiger partial charge on any atom is -0.371 e. The van der Waals surface area contributed by atoms with E-state index in [-0.39, 0.29) is 6.61 Å². The maximum atomic E-state index is 12.1. The molecule has 1 aliphatic rings. The summed E-state index contributed by atoms with van der Waals surface area (Å²) in [6.45, 7) is -0.0500. The van der Waals surface area contributed by atoms with Crippen LogP contribution in [0.3, 0.4) is 0 Å². The van der Waals surface area contributed by atoms with Gasteiger partial charge in [-0.1, -0.05) is 29.8 Å². The van der Waals surface area contributed by atoms with Crippen LogP contribution in [0.2, 0.25) is 5.02 Å². The van der Waals surface area contributed by atoms with Crippen molar-refractivity contribution in [1.82, 2.24) is 5.32 Å². The predicted octanol–water partition coefficient (Wildman–Crippen LogP) is 2.76. The Hall–Kier alpha value is -0.780. The highest BCUT2D eigenvalue weighted by Crippen LogP contribution is 2.34. The van der Waals surface area contributed by atoms with Crippen molar-refractivity contribution in [2.75, 3.05) is 26.3 Å². The number of halogens is 4. The minimum absolute atomic E-state index is 0.0171. The molecule has 0 aliphatic carbocycles. The molecule has 2 nitrogen and oxygen atoms in total. The van der Waals surface area contributed by atoms with E-state index in [0.29, 0.717) is 18.1 Å². The Balaban J connectivity index is 2.05. The van der Waals surface area contributed by atoms with Crippen LogP contribution in [-0.4, -0.2) is 32.5 Å². The van der Waals surface area contributed by atoms with Crippen LogP contribution in [0.25, 0.3) is 0 Å². The molecule has 0 bridgehead atoms. The zero-order chi connectivity index (χ0) is 13.2. The predicted molar refractivity (Wildman–Crippen MR) is 62.9 cm³/mol. The van der Waals surface area contributed by atoms with E-state index < -0.39 is 18.2 Å². The number of hydrogen-bond acceptors (Lipinski definition) is 2. The van der Waals surface area contributed by atoms with E-state index in [1.165, 1.54) is 0 Å². The average Bonchev–Trinajstić information content (AvgIpc) is 2.22. The molecule has 0 spiro atoms. The molecule has 2 rings (SSSR count). The highest BCUT2D eigenvalue weighted by Gasteiger charge is 2.41. The zero-order valence-corrected chi connectivity index (χ0v) is 10.3. The molecular weight excluding hydrogens is 267 g/mol. The van der Waals surface area contributed by atoms with Gasteiger partial charge in [-0.3, -0.25) is 0 Å². The van der Waals surface area contributed by atoms with Gasteiger partial charge in [-0.05, 0) is 11.6 Å². The van der Waals surface area contributed by atoms with Gasteiger partial charge in [0.05, 0.1) is 6.61 Å². The number of alkyl halides is 3. The molecule has 0 saturated carbocycles. The molecule has 1 N–H and O–H groups in total. The van der Waals surface area contributed by atoms with Crippen LogP contribution in [0, 0.1) is 0 Å². The maximum Gasteiger partial charge on any atom is 0.411 e. The van der Waals surface area contributed by atoms with E-state index in [4.69, 9.17) is 16.3 Å². The van der Waals surface area contributed by atoms with Gasteiger partial charge in [0.15, 0.2) is 0 Å². The Kier molecular flexibility index (Phi) is 3.84. The van der Waals surface area contributed by atoms with E-state index in [2.05, 4.69) is 5.32 Å². The van der Waals surface area contributed by atoms with Crippen molar-refractivity contribution in [2.45, 2.75) is 11.6 Å². The van der Waals surface area contributed by atoms with Gasteiger partial charge in [-0.25, -0.2) is 0 Å². The third-order valence-corrected chi connectivity index (χ3v) is 3.35. The summed E-state index contributed by atoms with van der Waals surface area (Å²) in [5.74, 6) is 0. The van der Waals surface area contributed by atoms with Crippen LogP contribution in [-0.2, 0) is 10.2 Å². The molecule has 0 unspecified atom stereocenters. The largest absolute Gasteiger partial charge is 0.411 e. The summed E-state index contributed by atoms with van der Waals surface area (Å²) in [6.07, 6.45) is -4.29. The lowest BCUT2D eigenvalue weighted by atomic mass is 9.76. The van der Waals surface area contributed by atoms with Crippen LogP contribution >= 0.6 is 11.6 Å². The Morgan fingerprint density at radius 1 is 1.28 bits per heavy atom. The van der Waals surface area contributed by atoms with Crippen LogP contribution in [0.15, 0.2) is 24.3 Å². The Morgan fingerprint density at radius 3 is 2.44 bits per heavy atom. The number of hydrogen-bond donors (Lipinski definition) is 1. The SMILES string of the molecule is FC(F)(F)COCC1(c2ccccc2Cl)CNC1. The van der Waals surface area contributed by atoms with Gasteiger partial charge in [0, 0.05) is 23.5 Å². The Bertz CT molecular complexity index is 418. The molecule has 1 aliphatic heterocycles. The van der Waals surface area contributed by atoms with Crippen LogP contribution in [0.4, 0.5) is 13.2 Å². The lowest BCUT2D eigenvalue weighted by molar-refractivity contribution is -0.179. The van der Waals surface area contributed by atoms with E-state index in [1.807, 2.05) is 12.1 Å². The summed E-state index contributed by atoms with van der Waals surface area (Å²) in [4.78, 5) is 0. The first-order chi connectivity index (χ1) is 8.43. The summed E-state index contributed by atoms with van der Waals surface area (Å²) in [5.41, 5.74) is 0.399. The lowest BCUT2D eigenvalue weighted by Crippen LogP contribution is -2.59. The molecule has 18 heavy (non-hydrogen) atoms. The second-order valence-electron chi connectivity index (χ2n) is 4.47. The molecule has 1 fully saturated rings. The molecule has 100 valence electrons. The number of ether oxygens (including phenoxy) is 1. The van der Waals surface area contributed by atoms with Crippen LogP contribution in [0.1, 0.15) is 5.56 Å². The summed E-state index contributed by atoms with van der Waals surface area (Å²) in [5, 5.41) is 3.62. The van der Waals surface area contributed by atoms with E-state index in [9.17, 15) is 13.2 Å². The quantitative estimate of drug-likeness (QED) is 0.915. The molecule has 1 saturated heterocycles. The summed E-state index contributed by atoms with van der Waals surface area (Å²) >= 11 is 6.08. The molecule has 1 aromatic carbocycles. The number of benzene rings is 1. The summed E-state index contributed by atoms with van der Waals surface area (Å²) in [7, 11) is 0. The molecule has 0 aromatic heterocycles. The summed E-state index contributed by atoms with van der Waals surface area (Å²) < 4.78 is 41.0. The highest BCUT2D eigenvalue weighted by molar-refractivity contribution is 6.31. The van der Waals surface area contributed by atoms with Crippen molar-refractivity contribution in [1.29, 1.82) is 0 Å². The first kappa shape index (κ1) is 13.6. The molecule has 0 atom stereocenters. The third-order valence-electron chi connectivity index (χ3n) is 3.02. The maximum absolute atomic E-state index is 12.1. The van der Waals surface area contributed by atoms with Crippen LogP contribution < -0.4 is 5.32 Å². The standard InChI is InChI=1S/C12H13ClF3NO/c13-10-4-2-1-3-9(10)11(5-17-6-11)7-18-8-12(14,15)16/h1-4,17H,5-8H2. The normalized spacial score (nSPS) is 18.4. The lowest BCUT2D eigenvalue weighted by Gasteiger charge is -2.43. The van der Waals surface area contributed by atoms with Crippen molar-refractivity contribution in [3.63, 3.8) is 0 Å². The number of nitrogens with one attached hydrogen (secondary N) is 1. The van der Waals surface area contributed by atoms with Crippen molar-refractivity contribution < 1.29 is 17.9 Å². The Morgan fingerprint density at radius 2 is 1.94 bits per heavy atom. The van der Waals surface area contributed by atoms with E-state index in [0.717, 1.165) is 5.56 Å². The van der Waals surface area contributed by atoms with Crippen molar-refractivity contribution in [2.24, 2.45) is 0 Å². The smallest absolute Gasteiger partial charge is 0.371 e. The van der Waals surface area contributed by atoms with Gasteiger partial charge in [0.25, 0.3) is 0 Å². The first-order valence-corrected chi connectivity index (χ1v) is 5.91. The molecule has 0 amide bonds. The van der Waals surface area contributed by atoms with Crippen molar-refractivity contribution >= 4 is 11.6 Å². The Labute approximate surface area is 108 Å². The average molecular weight is 280 g/mol. The van der Waals surface area contributed by atoms with E-state index >= 15 is 0 Å². The molecule has 1 aromatic rings. The fourth-order valence-corrected chi connectivity index (χ4v) is 2.39.